The van der Waals surface area contributed by atoms with Gasteiger partial charge < -0.3 is 10.1 Å². The van der Waals surface area contributed by atoms with Crippen molar-refractivity contribution in [1.82, 2.24) is 0 Å². The number of carbonyl (C=O) groups excluding carboxylic acids is 1. The van der Waals surface area contributed by atoms with Crippen molar-refractivity contribution < 1.29 is 9.53 Å². The lowest BCUT2D eigenvalue weighted by Gasteiger charge is -2.19. The summed E-state index contributed by atoms with van der Waals surface area (Å²) in [5.41, 5.74) is 5.50. The first-order valence-corrected chi connectivity index (χ1v) is 7.99. The number of benzene rings is 2. The molecule has 3 heteroatoms. The number of nitrogens with one attached hydrogen (secondary N) is 1. The van der Waals surface area contributed by atoms with E-state index in [0.29, 0.717) is 12.2 Å². The van der Waals surface area contributed by atoms with Crippen molar-refractivity contribution in [1.29, 1.82) is 0 Å². The van der Waals surface area contributed by atoms with Gasteiger partial charge in [0.05, 0.1) is 6.61 Å². The van der Waals surface area contributed by atoms with Gasteiger partial charge in [-0.3, -0.25) is 4.79 Å². The number of carbonyl (C=O) groups is 1. The van der Waals surface area contributed by atoms with Crippen molar-refractivity contribution in [2.24, 2.45) is 0 Å². The fourth-order valence-electron chi connectivity index (χ4n) is 3.42. The van der Waals surface area contributed by atoms with Crippen LogP contribution in [-0.2, 0) is 19.3 Å². The fourth-order valence-corrected chi connectivity index (χ4v) is 3.42. The predicted molar refractivity (Wildman–Crippen MR) is 86.7 cm³/mol. The highest BCUT2D eigenvalue weighted by atomic mass is 16.5. The van der Waals surface area contributed by atoms with E-state index < -0.39 is 0 Å². The third kappa shape index (κ3) is 2.37. The highest BCUT2D eigenvalue weighted by Gasteiger charge is 2.17. The average molecular weight is 293 g/mol. The molecule has 2 aliphatic rings. The van der Waals surface area contributed by atoms with E-state index in [1.165, 1.54) is 24.0 Å². The minimum atomic E-state index is -0.0336. The summed E-state index contributed by atoms with van der Waals surface area (Å²) < 4.78 is 5.49. The lowest BCUT2D eigenvalue weighted by Crippen LogP contribution is -2.15. The first kappa shape index (κ1) is 13.4. The quantitative estimate of drug-likeness (QED) is 0.915. The third-order valence-electron chi connectivity index (χ3n) is 4.60. The van der Waals surface area contributed by atoms with Gasteiger partial charge in [-0.15, -0.1) is 0 Å². The van der Waals surface area contributed by atoms with Crippen molar-refractivity contribution in [2.75, 3.05) is 11.9 Å². The summed E-state index contributed by atoms with van der Waals surface area (Å²) in [5, 5.41) is 3.10. The number of ether oxygens (including phenoxy) is 1. The molecule has 1 amide bonds. The zero-order valence-electron chi connectivity index (χ0n) is 12.5. The molecule has 3 nitrogen and oxygen atoms in total. The molecule has 0 saturated carbocycles. The number of amides is 1. The summed E-state index contributed by atoms with van der Waals surface area (Å²) in [6, 6.07) is 11.9. The maximum absolute atomic E-state index is 12.5. The van der Waals surface area contributed by atoms with E-state index in [9.17, 15) is 4.79 Å². The molecule has 0 radical (unpaired) electrons. The first-order chi connectivity index (χ1) is 10.8. The second-order valence-corrected chi connectivity index (χ2v) is 6.03. The van der Waals surface area contributed by atoms with E-state index in [2.05, 4.69) is 11.4 Å². The largest absolute Gasteiger partial charge is 0.493 e. The van der Waals surface area contributed by atoms with Crippen LogP contribution in [0.2, 0.25) is 0 Å². The molecule has 1 heterocycles. The smallest absolute Gasteiger partial charge is 0.255 e. The molecule has 0 spiro atoms. The maximum atomic E-state index is 12.5. The van der Waals surface area contributed by atoms with Gasteiger partial charge in [0.1, 0.15) is 5.75 Å². The molecule has 0 saturated heterocycles. The summed E-state index contributed by atoms with van der Waals surface area (Å²) in [5.74, 6) is 0.877. The Morgan fingerprint density at radius 3 is 2.86 bits per heavy atom. The van der Waals surface area contributed by atoms with Crippen molar-refractivity contribution in [3.63, 3.8) is 0 Å². The second kappa shape index (κ2) is 5.48. The van der Waals surface area contributed by atoms with Gasteiger partial charge in [0.2, 0.25) is 0 Å². The summed E-state index contributed by atoms with van der Waals surface area (Å²) in [7, 11) is 0. The van der Waals surface area contributed by atoms with E-state index in [4.69, 9.17) is 4.74 Å². The minimum absolute atomic E-state index is 0.0336. The summed E-state index contributed by atoms with van der Waals surface area (Å²) in [6.07, 6.45) is 5.52. The van der Waals surface area contributed by atoms with Crippen molar-refractivity contribution in [3.05, 3.63) is 58.7 Å². The van der Waals surface area contributed by atoms with Crippen LogP contribution in [0.4, 0.5) is 5.69 Å². The molecular formula is C19H19NO2. The minimum Gasteiger partial charge on any atom is -0.493 e. The number of aryl methyl sites for hydroxylation is 1. The van der Waals surface area contributed by atoms with E-state index in [1.54, 1.807) is 0 Å². The summed E-state index contributed by atoms with van der Waals surface area (Å²) in [6.45, 7) is 0.715. The van der Waals surface area contributed by atoms with Gasteiger partial charge in [-0.2, -0.15) is 0 Å². The summed E-state index contributed by atoms with van der Waals surface area (Å²) >= 11 is 0. The lowest BCUT2D eigenvalue weighted by atomic mass is 9.90. The molecule has 1 aliphatic carbocycles. The molecule has 1 N–H and O–H groups in total. The molecule has 4 rings (SSSR count). The monoisotopic (exact) mass is 293 g/mol. The SMILES string of the molecule is O=C(Nc1cccc2c1CCCC2)c1ccc2c(c1)CCO2. The Morgan fingerprint density at radius 1 is 1.00 bits per heavy atom. The molecular weight excluding hydrogens is 274 g/mol. The Morgan fingerprint density at radius 2 is 1.91 bits per heavy atom. The Labute approximate surface area is 130 Å². The number of hydrogen-bond donors (Lipinski definition) is 1. The van der Waals surface area contributed by atoms with Gasteiger partial charge in [0, 0.05) is 17.7 Å². The molecule has 0 fully saturated rings. The molecule has 112 valence electrons. The van der Waals surface area contributed by atoms with Gasteiger partial charge in [-0.25, -0.2) is 0 Å². The topological polar surface area (TPSA) is 38.3 Å². The highest BCUT2D eigenvalue weighted by molar-refractivity contribution is 6.05. The van der Waals surface area contributed by atoms with Crippen LogP contribution in [0.15, 0.2) is 36.4 Å². The van der Waals surface area contributed by atoms with Gasteiger partial charge in [0.25, 0.3) is 5.91 Å². The van der Waals surface area contributed by atoms with E-state index in [1.807, 2.05) is 30.3 Å². The average Bonchev–Trinajstić information content (AvgIpc) is 3.02. The first-order valence-electron chi connectivity index (χ1n) is 7.99. The molecule has 2 aromatic carbocycles. The van der Waals surface area contributed by atoms with Crippen LogP contribution < -0.4 is 10.1 Å². The summed E-state index contributed by atoms with van der Waals surface area (Å²) in [4.78, 5) is 12.5. The van der Waals surface area contributed by atoms with Crippen LogP contribution >= 0.6 is 0 Å². The van der Waals surface area contributed by atoms with Gasteiger partial charge >= 0.3 is 0 Å². The third-order valence-corrected chi connectivity index (χ3v) is 4.60. The Balaban J connectivity index is 1.60. The predicted octanol–water partition coefficient (Wildman–Crippen LogP) is 3.75. The Hall–Kier alpha value is -2.29. The Kier molecular flexibility index (Phi) is 3.34. The van der Waals surface area contributed by atoms with Gasteiger partial charge in [-0.1, -0.05) is 12.1 Å². The van der Waals surface area contributed by atoms with Crippen LogP contribution in [0.25, 0.3) is 0 Å². The van der Waals surface area contributed by atoms with E-state index >= 15 is 0 Å². The van der Waals surface area contributed by atoms with Crippen LogP contribution in [0.5, 0.6) is 5.75 Å². The van der Waals surface area contributed by atoms with Crippen LogP contribution in [0.1, 0.15) is 39.9 Å². The highest BCUT2D eigenvalue weighted by Crippen LogP contribution is 2.29. The second-order valence-electron chi connectivity index (χ2n) is 6.03. The molecule has 0 bridgehead atoms. The standard InChI is InChI=1S/C19H19NO2/c21-19(15-8-9-18-14(12-15)10-11-22-18)20-17-7-3-5-13-4-1-2-6-16(13)17/h3,5,7-9,12H,1-2,4,6,10-11H2,(H,20,21). The molecule has 0 aromatic heterocycles. The van der Waals surface area contributed by atoms with E-state index in [-0.39, 0.29) is 5.91 Å². The van der Waals surface area contributed by atoms with Crippen LogP contribution in [0.3, 0.4) is 0 Å². The fraction of sp³-hybridized carbons (Fsp3) is 0.316. The number of fused-ring (bicyclic) bond motifs is 2. The zero-order valence-corrected chi connectivity index (χ0v) is 12.5. The van der Waals surface area contributed by atoms with Crippen molar-refractivity contribution >= 4 is 11.6 Å². The number of rotatable bonds is 2. The lowest BCUT2D eigenvalue weighted by molar-refractivity contribution is 0.102. The Bertz CT molecular complexity index is 736. The van der Waals surface area contributed by atoms with Crippen LogP contribution in [0, 0.1) is 0 Å². The number of hydrogen-bond acceptors (Lipinski definition) is 2. The van der Waals surface area contributed by atoms with Gasteiger partial charge in [-0.05, 0) is 66.6 Å². The molecule has 2 aromatic rings. The van der Waals surface area contributed by atoms with Crippen molar-refractivity contribution in [3.8, 4) is 5.75 Å². The van der Waals surface area contributed by atoms with Crippen LogP contribution in [-0.4, -0.2) is 12.5 Å². The number of anilines is 1. The maximum Gasteiger partial charge on any atom is 0.255 e. The van der Waals surface area contributed by atoms with E-state index in [0.717, 1.165) is 36.3 Å². The zero-order chi connectivity index (χ0) is 14.9. The molecule has 0 atom stereocenters. The molecule has 22 heavy (non-hydrogen) atoms. The van der Waals surface area contributed by atoms with Gasteiger partial charge in [0.15, 0.2) is 0 Å². The normalized spacial score (nSPS) is 15.6. The molecule has 1 aliphatic heterocycles. The molecule has 0 unspecified atom stereocenters. The van der Waals surface area contributed by atoms with Crippen molar-refractivity contribution in [2.45, 2.75) is 32.1 Å².